The van der Waals surface area contributed by atoms with Gasteiger partial charge in [0.1, 0.15) is 5.82 Å². The molecule has 0 aliphatic carbocycles. The van der Waals surface area contributed by atoms with E-state index in [-0.39, 0.29) is 11.9 Å². The Labute approximate surface area is 130 Å². The van der Waals surface area contributed by atoms with Crippen molar-refractivity contribution in [1.29, 1.82) is 0 Å². The molecule has 1 heterocycles. The minimum Gasteiger partial charge on any atom is -0.313 e. The highest BCUT2D eigenvalue weighted by Gasteiger charge is 2.30. The Kier molecular flexibility index (Phi) is 4.61. The number of thioether (sulfide) groups is 1. The van der Waals surface area contributed by atoms with Crippen molar-refractivity contribution in [3.63, 3.8) is 0 Å². The SMILES string of the molecule is CCNC(Cc1ccccc1F)C1CSc2ccccc21. The van der Waals surface area contributed by atoms with Gasteiger partial charge in [0.25, 0.3) is 0 Å². The van der Waals surface area contributed by atoms with Crippen molar-refractivity contribution in [1.82, 2.24) is 5.32 Å². The van der Waals surface area contributed by atoms with E-state index in [0.717, 1.165) is 24.3 Å². The zero-order valence-electron chi connectivity index (χ0n) is 12.2. The molecule has 2 aromatic rings. The van der Waals surface area contributed by atoms with E-state index in [4.69, 9.17) is 0 Å². The van der Waals surface area contributed by atoms with Crippen LogP contribution in [0.2, 0.25) is 0 Å². The second kappa shape index (κ2) is 6.63. The van der Waals surface area contributed by atoms with Gasteiger partial charge in [0.2, 0.25) is 0 Å². The second-order valence-electron chi connectivity index (χ2n) is 5.42. The predicted octanol–water partition coefficient (Wildman–Crippen LogP) is 4.24. The fraction of sp³-hybridized carbons (Fsp3) is 0.333. The number of hydrogen-bond acceptors (Lipinski definition) is 2. The average molecular weight is 301 g/mol. The number of likely N-dealkylation sites (N-methyl/N-ethyl adjacent to an activating group) is 1. The quantitative estimate of drug-likeness (QED) is 0.886. The van der Waals surface area contributed by atoms with Crippen molar-refractivity contribution in [3.05, 3.63) is 65.5 Å². The standard InChI is InChI=1S/C18H20FNS/c1-2-20-17(11-13-7-3-5-9-16(13)19)15-12-21-18-10-6-4-8-14(15)18/h3-10,15,17,20H,2,11-12H2,1H3. The molecule has 0 amide bonds. The summed E-state index contributed by atoms with van der Waals surface area (Å²) < 4.78 is 13.9. The summed E-state index contributed by atoms with van der Waals surface area (Å²) >= 11 is 1.91. The van der Waals surface area contributed by atoms with Crippen LogP contribution in [0.5, 0.6) is 0 Å². The number of rotatable bonds is 5. The molecule has 1 nitrogen and oxygen atoms in total. The normalized spacial score (nSPS) is 18.5. The van der Waals surface area contributed by atoms with Crippen LogP contribution in [0.1, 0.15) is 24.0 Å². The first-order valence-corrected chi connectivity index (χ1v) is 8.46. The van der Waals surface area contributed by atoms with Crippen molar-refractivity contribution >= 4 is 11.8 Å². The summed E-state index contributed by atoms with van der Waals surface area (Å²) in [4.78, 5) is 1.37. The maximum Gasteiger partial charge on any atom is 0.126 e. The number of fused-ring (bicyclic) bond motifs is 1. The third-order valence-electron chi connectivity index (χ3n) is 4.09. The summed E-state index contributed by atoms with van der Waals surface area (Å²) in [5.74, 6) is 1.43. The molecule has 0 saturated carbocycles. The van der Waals surface area contributed by atoms with E-state index >= 15 is 0 Å². The van der Waals surface area contributed by atoms with Crippen LogP contribution in [-0.4, -0.2) is 18.3 Å². The summed E-state index contributed by atoms with van der Waals surface area (Å²) in [5.41, 5.74) is 2.21. The molecule has 0 radical (unpaired) electrons. The highest BCUT2D eigenvalue weighted by Crippen LogP contribution is 2.41. The molecule has 3 rings (SSSR count). The Morgan fingerprint density at radius 2 is 1.95 bits per heavy atom. The van der Waals surface area contributed by atoms with Crippen molar-refractivity contribution in [2.45, 2.75) is 30.2 Å². The first-order chi connectivity index (χ1) is 10.3. The van der Waals surface area contributed by atoms with E-state index < -0.39 is 0 Å². The zero-order valence-corrected chi connectivity index (χ0v) is 13.0. The van der Waals surface area contributed by atoms with Gasteiger partial charge in [-0.3, -0.25) is 0 Å². The maximum atomic E-state index is 13.9. The summed E-state index contributed by atoms with van der Waals surface area (Å²) in [6.07, 6.45) is 0.736. The Morgan fingerprint density at radius 1 is 1.19 bits per heavy atom. The fourth-order valence-electron chi connectivity index (χ4n) is 3.04. The van der Waals surface area contributed by atoms with Gasteiger partial charge in [-0.25, -0.2) is 4.39 Å². The van der Waals surface area contributed by atoms with Gasteiger partial charge < -0.3 is 5.32 Å². The molecular formula is C18H20FNS. The van der Waals surface area contributed by atoms with Crippen LogP contribution in [0.4, 0.5) is 4.39 Å². The van der Waals surface area contributed by atoms with Crippen molar-refractivity contribution < 1.29 is 4.39 Å². The molecule has 3 heteroatoms. The van der Waals surface area contributed by atoms with Gasteiger partial charge in [-0.1, -0.05) is 43.3 Å². The Bertz CT molecular complexity index is 614. The minimum absolute atomic E-state index is 0.0978. The van der Waals surface area contributed by atoms with E-state index in [1.807, 2.05) is 23.9 Å². The van der Waals surface area contributed by atoms with Crippen molar-refractivity contribution in [2.24, 2.45) is 0 Å². The molecule has 2 unspecified atom stereocenters. The largest absolute Gasteiger partial charge is 0.313 e. The molecule has 1 N–H and O–H groups in total. The van der Waals surface area contributed by atoms with Gasteiger partial charge in [0.15, 0.2) is 0 Å². The molecule has 1 aliphatic rings. The third kappa shape index (κ3) is 3.14. The van der Waals surface area contributed by atoms with E-state index in [9.17, 15) is 4.39 Å². The second-order valence-corrected chi connectivity index (χ2v) is 6.48. The lowest BCUT2D eigenvalue weighted by Gasteiger charge is -2.25. The maximum absolute atomic E-state index is 13.9. The molecule has 21 heavy (non-hydrogen) atoms. The van der Waals surface area contributed by atoms with Gasteiger partial charge in [-0.2, -0.15) is 0 Å². The molecule has 0 fully saturated rings. The molecule has 2 atom stereocenters. The van der Waals surface area contributed by atoms with Gasteiger partial charge in [0, 0.05) is 22.6 Å². The molecule has 0 aromatic heterocycles. The van der Waals surface area contributed by atoms with Crippen LogP contribution in [0.25, 0.3) is 0 Å². The topological polar surface area (TPSA) is 12.0 Å². The molecular weight excluding hydrogens is 281 g/mol. The molecule has 0 bridgehead atoms. The first kappa shape index (κ1) is 14.6. The highest BCUT2D eigenvalue weighted by molar-refractivity contribution is 7.99. The van der Waals surface area contributed by atoms with Crippen LogP contribution in [0, 0.1) is 5.82 Å². The lowest BCUT2D eigenvalue weighted by molar-refractivity contribution is 0.454. The Hall–Kier alpha value is -1.32. The Morgan fingerprint density at radius 3 is 2.76 bits per heavy atom. The van der Waals surface area contributed by atoms with Crippen molar-refractivity contribution in [2.75, 3.05) is 12.3 Å². The monoisotopic (exact) mass is 301 g/mol. The molecule has 1 aliphatic heterocycles. The van der Waals surface area contributed by atoms with E-state index in [1.54, 1.807) is 12.1 Å². The number of benzene rings is 2. The summed E-state index contributed by atoms with van der Waals surface area (Å²) in [6.45, 7) is 3.02. The summed E-state index contributed by atoms with van der Waals surface area (Å²) in [6, 6.07) is 16.0. The fourth-order valence-corrected chi connectivity index (χ4v) is 4.37. The van der Waals surface area contributed by atoms with Gasteiger partial charge in [-0.15, -0.1) is 11.8 Å². The summed E-state index contributed by atoms with van der Waals surface area (Å²) in [5, 5.41) is 3.56. The smallest absolute Gasteiger partial charge is 0.126 e. The Balaban J connectivity index is 1.84. The van der Waals surface area contributed by atoms with E-state index in [2.05, 4.69) is 36.5 Å². The third-order valence-corrected chi connectivity index (χ3v) is 5.30. The molecule has 2 aromatic carbocycles. The number of nitrogens with one attached hydrogen (secondary N) is 1. The number of hydrogen-bond donors (Lipinski definition) is 1. The summed E-state index contributed by atoms with van der Waals surface area (Å²) in [7, 11) is 0. The average Bonchev–Trinajstić information content (AvgIpc) is 2.93. The molecule has 0 spiro atoms. The minimum atomic E-state index is -0.0978. The van der Waals surface area contributed by atoms with Crippen LogP contribution < -0.4 is 5.32 Å². The zero-order chi connectivity index (χ0) is 14.7. The molecule has 0 saturated heterocycles. The van der Waals surface area contributed by atoms with Crippen LogP contribution >= 0.6 is 11.8 Å². The lowest BCUT2D eigenvalue weighted by Crippen LogP contribution is -2.37. The van der Waals surface area contributed by atoms with Crippen molar-refractivity contribution in [3.8, 4) is 0 Å². The van der Waals surface area contributed by atoms with Crippen LogP contribution in [0.15, 0.2) is 53.4 Å². The van der Waals surface area contributed by atoms with Gasteiger partial charge >= 0.3 is 0 Å². The highest BCUT2D eigenvalue weighted by atomic mass is 32.2. The van der Waals surface area contributed by atoms with Gasteiger partial charge in [-0.05, 0) is 36.2 Å². The van der Waals surface area contributed by atoms with Gasteiger partial charge in [0.05, 0.1) is 0 Å². The first-order valence-electron chi connectivity index (χ1n) is 7.48. The van der Waals surface area contributed by atoms with Crippen LogP contribution in [-0.2, 0) is 6.42 Å². The van der Waals surface area contributed by atoms with E-state index in [1.165, 1.54) is 10.5 Å². The molecule has 110 valence electrons. The van der Waals surface area contributed by atoms with Crippen LogP contribution in [0.3, 0.4) is 0 Å². The number of halogens is 1. The lowest BCUT2D eigenvalue weighted by atomic mass is 9.89. The van der Waals surface area contributed by atoms with E-state index in [0.29, 0.717) is 5.92 Å². The predicted molar refractivity (Wildman–Crippen MR) is 87.5 cm³/mol.